The summed E-state index contributed by atoms with van der Waals surface area (Å²) in [5.74, 6) is 0.943. The summed E-state index contributed by atoms with van der Waals surface area (Å²) in [7, 11) is 2.08. The van der Waals surface area contributed by atoms with Crippen molar-refractivity contribution in [3.8, 4) is 0 Å². The van der Waals surface area contributed by atoms with E-state index in [1.807, 2.05) is 18.7 Å². The minimum absolute atomic E-state index is 0.377. The molecule has 0 aromatic carbocycles. The number of fused-ring (bicyclic) bond motifs is 1. The molecule has 0 amide bonds. The van der Waals surface area contributed by atoms with Gasteiger partial charge in [0, 0.05) is 50.5 Å². The molecule has 0 fully saturated rings. The Kier molecular flexibility index (Phi) is 4.64. The van der Waals surface area contributed by atoms with E-state index in [1.165, 1.54) is 17.0 Å². The highest BCUT2D eigenvalue weighted by Gasteiger charge is 2.29. The Labute approximate surface area is 131 Å². The highest BCUT2D eigenvalue weighted by molar-refractivity contribution is 5.22. The highest BCUT2D eigenvalue weighted by atomic mass is 16.5. The van der Waals surface area contributed by atoms with Crippen LogP contribution in [0.3, 0.4) is 0 Å². The zero-order chi connectivity index (χ0) is 15.5. The first-order valence-corrected chi connectivity index (χ1v) is 7.94. The topological polar surface area (TPSA) is 43.4 Å². The largest absolute Gasteiger partial charge is 0.472 e. The van der Waals surface area contributed by atoms with Gasteiger partial charge in [-0.05, 0) is 12.0 Å². The van der Waals surface area contributed by atoms with Crippen molar-refractivity contribution in [3.63, 3.8) is 0 Å². The van der Waals surface area contributed by atoms with Gasteiger partial charge in [-0.25, -0.2) is 4.98 Å². The normalized spacial score (nSPS) is 18.8. The van der Waals surface area contributed by atoms with Crippen LogP contribution in [0.4, 0.5) is 0 Å². The summed E-state index contributed by atoms with van der Waals surface area (Å²) in [6.45, 7) is 8.71. The second-order valence-corrected chi connectivity index (χ2v) is 6.62. The van der Waals surface area contributed by atoms with Gasteiger partial charge >= 0.3 is 0 Å². The molecule has 1 aliphatic rings. The molecule has 0 radical (unpaired) electrons. The first-order valence-electron chi connectivity index (χ1n) is 7.94. The van der Waals surface area contributed by atoms with Crippen LogP contribution in [0.5, 0.6) is 0 Å². The minimum Gasteiger partial charge on any atom is -0.472 e. The third-order valence-electron chi connectivity index (χ3n) is 4.06. The van der Waals surface area contributed by atoms with Crippen LogP contribution in [0.25, 0.3) is 0 Å². The Morgan fingerprint density at radius 3 is 3.05 bits per heavy atom. The molecule has 0 bridgehead atoms. The Hall–Kier alpha value is -1.59. The highest BCUT2D eigenvalue weighted by Crippen LogP contribution is 2.28. The first kappa shape index (κ1) is 15.3. The molecule has 0 spiro atoms. The van der Waals surface area contributed by atoms with Gasteiger partial charge in [0.05, 0.1) is 31.2 Å². The minimum atomic E-state index is 0.377. The van der Waals surface area contributed by atoms with Crippen LogP contribution >= 0.6 is 0 Å². The van der Waals surface area contributed by atoms with Gasteiger partial charge in [0.25, 0.3) is 0 Å². The van der Waals surface area contributed by atoms with Crippen LogP contribution in [0.15, 0.2) is 29.3 Å². The molecule has 2 aromatic heterocycles. The maximum atomic E-state index is 5.91. The number of aromatic nitrogens is 2. The van der Waals surface area contributed by atoms with Crippen molar-refractivity contribution in [3.05, 3.63) is 41.9 Å². The van der Waals surface area contributed by atoms with Crippen molar-refractivity contribution in [2.24, 2.45) is 13.0 Å². The molecular weight excluding hydrogens is 278 g/mol. The van der Waals surface area contributed by atoms with Gasteiger partial charge in [0.2, 0.25) is 0 Å². The smallest absolute Gasteiger partial charge is 0.0949 e. The molecule has 0 unspecified atom stereocenters. The van der Waals surface area contributed by atoms with Crippen LogP contribution in [-0.2, 0) is 24.9 Å². The zero-order valence-corrected chi connectivity index (χ0v) is 13.7. The maximum Gasteiger partial charge on any atom is 0.0949 e. The molecule has 5 heteroatoms. The van der Waals surface area contributed by atoms with Gasteiger partial charge in [0.15, 0.2) is 0 Å². The van der Waals surface area contributed by atoms with E-state index in [-0.39, 0.29) is 0 Å². The van der Waals surface area contributed by atoms with Gasteiger partial charge in [-0.1, -0.05) is 13.8 Å². The summed E-state index contributed by atoms with van der Waals surface area (Å²) in [6, 6.07) is 2.03. The van der Waals surface area contributed by atoms with E-state index in [2.05, 4.69) is 35.3 Å². The number of aryl methyl sites for hydroxylation is 1. The number of nitrogens with zero attached hydrogens (tertiary/aromatic N) is 3. The monoisotopic (exact) mass is 303 g/mol. The third kappa shape index (κ3) is 3.42. The number of furan rings is 1. The molecular formula is C17H25N3O2. The Morgan fingerprint density at radius 2 is 2.32 bits per heavy atom. The van der Waals surface area contributed by atoms with Crippen LogP contribution in [0.1, 0.15) is 36.7 Å². The predicted molar refractivity (Wildman–Crippen MR) is 84.4 cm³/mol. The Morgan fingerprint density at radius 1 is 1.45 bits per heavy atom. The average molecular weight is 303 g/mol. The van der Waals surface area contributed by atoms with Gasteiger partial charge in [-0.15, -0.1) is 0 Å². The molecule has 3 rings (SSSR count). The number of rotatable bonds is 6. The predicted octanol–water partition coefficient (Wildman–Crippen LogP) is 2.79. The van der Waals surface area contributed by atoms with Crippen molar-refractivity contribution in [1.29, 1.82) is 0 Å². The van der Waals surface area contributed by atoms with E-state index < -0.39 is 0 Å². The molecule has 120 valence electrons. The quantitative estimate of drug-likeness (QED) is 0.823. The molecule has 0 saturated heterocycles. The molecule has 0 saturated carbocycles. The lowest BCUT2D eigenvalue weighted by atomic mass is 9.98. The third-order valence-corrected chi connectivity index (χ3v) is 4.06. The Balaban J connectivity index is 1.70. The van der Waals surface area contributed by atoms with Gasteiger partial charge in [0.1, 0.15) is 0 Å². The van der Waals surface area contributed by atoms with Crippen molar-refractivity contribution in [2.45, 2.75) is 32.9 Å². The van der Waals surface area contributed by atoms with E-state index >= 15 is 0 Å². The van der Waals surface area contributed by atoms with Crippen molar-refractivity contribution in [2.75, 3.05) is 19.8 Å². The molecule has 3 heterocycles. The molecule has 0 N–H and O–H groups in total. The van der Waals surface area contributed by atoms with Crippen molar-refractivity contribution >= 4 is 0 Å². The van der Waals surface area contributed by atoms with E-state index in [1.54, 1.807) is 6.26 Å². The van der Waals surface area contributed by atoms with Gasteiger partial charge in [-0.2, -0.15) is 0 Å². The Bertz CT molecular complexity index is 589. The average Bonchev–Trinajstić information content (AvgIpc) is 3.09. The lowest BCUT2D eigenvalue weighted by molar-refractivity contribution is 0.0768. The second kappa shape index (κ2) is 6.67. The zero-order valence-electron chi connectivity index (χ0n) is 13.7. The number of hydrogen-bond acceptors (Lipinski definition) is 4. The summed E-state index contributed by atoms with van der Waals surface area (Å²) in [5.41, 5.74) is 3.71. The van der Waals surface area contributed by atoms with Crippen LogP contribution in [-0.4, -0.2) is 34.2 Å². The molecule has 5 nitrogen and oxygen atoms in total. The van der Waals surface area contributed by atoms with E-state index in [4.69, 9.17) is 9.15 Å². The number of hydrogen-bond donors (Lipinski definition) is 0. The molecule has 0 aliphatic carbocycles. The van der Waals surface area contributed by atoms with Crippen molar-refractivity contribution in [1.82, 2.24) is 14.5 Å². The first-order chi connectivity index (χ1) is 10.6. The fourth-order valence-electron chi connectivity index (χ4n) is 3.15. The van der Waals surface area contributed by atoms with Crippen LogP contribution in [0.2, 0.25) is 0 Å². The number of imidazole rings is 1. The standard InChI is InChI=1S/C17H25N3O2/c1-13(2)9-22-11-15-7-20(6-14-4-5-21-10-14)8-16-17(15)19(3)12-18-16/h4-5,10,12-13,15H,6-9,11H2,1-3H3/t15-/m1/s1. The van der Waals surface area contributed by atoms with Gasteiger partial charge in [-0.3, -0.25) is 4.90 Å². The van der Waals surface area contributed by atoms with Crippen molar-refractivity contribution < 1.29 is 9.15 Å². The van der Waals surface area contributed by atoms with Crippen LogP contribution in [0, 0.1) is 5.92 Å². The molecule has 2 aromatic rings. The fourth-order valence-corrected chi connectivity index (χ4v) is 3.15. The fraction of sp³-hybridized carbons (Fsp3) is 0.588. The summed E-state index contributed by atoms with van der Waals surface area (Å²) in [4.78, 5) is 6.99. The maximum absolute atomic E-state index is 5.91. The summed E-state index contributed by atoms with van der Waals surface area (Å²) in [6.07, 6.45) is 5.47. The lowest BCUT2D eigenvalue weighted by Gasteiger charge is -2.32. The number of ether oxygens (including phenoxy) is 1. The molecule has 1 atom stereocenters. The van der Waals surface area contributed by atoms with E-state index in [0.717, 1.165) is 32.8 Å². The van der Waals surface area contributed by atoms with Crippen LogP contribution < -0.4 is 0 Å². The lowest BCUT2D eigenvalue weighted by Crippen LogP contribution is -2.36. The second-order valence-electron chi connectivity index (χ2n) is 6.62. The summed E-state index contributed by atoms with van der Waals surface area (Å²) < 4.78 is 13.2. The molecule has 1 aliphatic heterocycles. The summed E-state index contributed by atoms with van der Waals surface area (Å²) >= 11 is 0. The van der Waals surface area contributed by atoms with E-state index in [0.29, 0.717) is 11.8 Å². The summed E-state index contributed by atoms with van der Waals surface area (Å²) in [5, 5.41) is 0. The van der Waals surface area contributed by atoms with E-state index in [9.17, 15) is 0 Å². The molecule has 22 heavy (non-hydrogen) atoms. The van der Waals surface area contributed by atoms with Gasteiger partial charge < -0.3 is 13.7 Å². The SMILES string of the molecule is CC(C)COC[C@H]1CN(Cc2ccoc2)Cc2ncn(C)c21.